The zero-order valence-corrected chi connectivity index (χ0v) is 21.8. The average Bonchev–Trinajstić information content (AvgIpc) is 3.16. The van der Waals surface area contributed by atoms with Gasteiger partial charge < -0.3 is 9.47 Å². The largest absolute Gasteiger partial charge is 0.420 e. The van der Waals surface area contributed by atoms with Gasteiger partial charge in [0.05, 0.1) is 24.5 Å². The van der Waals surface area contributed by atoms with Crippen molar-refractivity contribution in [2.24, 2.45) is 4.99 Å². The molecule has 0 saturated heterocycles. The molecule has 0 fully saturated rings. The number of rotatable bonds is 5. The molecule has 0 radical (unpaired) electrons. The number of aliphatic imine (C=N–C) groups is 1. The number of cyclic esters (lactones) is 1. The fourth-order valence-electron chi connectivity index (χ4n) is 3.01. The van der Waals surface area contributed by atoms with E-state index in [0.717, 1.165) is 0 Å². The third-order valence-electron chi connectivity index (χ3n) is 4.62. The number of hydrogen-bond donors (Lipinski definition) is 0. The van der Waals surface area contributed by atoms with E-state index in [9.17, 15) is 19.7 Å². The van der Waals surface area contributed by atoms with Crippen molar-refractivity contribution in [3.63, 3.8) is 0 Å². The maximum atomic E-state index is 12.5. The third kappa shape index (κ3) is 5.46. The predicted octanol–water partition coefficient (Wildman–Crippen LogP) is 6.99. The van der Waals surface area contributed by atoms with Crippen LogP contribution in [0.25, 0.3) is 6.08 Å². The van der Waals surface area contributed by atoms with Crippen LogP contribution in [-0.4, -0.2) is 22.8 Å². The van der Waals surface area contributed by atoms with E-state index in [2.05, 4.69) is 36.9 Å². The highest BCUT2D eigenvalue weighted by Gasteiger charge is 2.26. The number of carbonyl (C=O) groups excluding carboxylic acids is 2. The molecule has 0 spiro atoms. The van der Waals surface area contributed by atoms with Crippen molar-refractivity contribution in [1.29, 1.82) is 0 Å². The standard InChI is InChI=1S/C23H10Br2Cl2N2O6/c24-14-7-11(8-15(25)20(14)34-22(30)13-3-1-2-4-16(13)26)9-18-23(31)35-21(28-18)12-5-6-17(27)19(10-12)29(32)33/h1-10H/b18-9-. The van der Waals surface area contributed by atoms with Crippen LogP contribution in [0.4, 0.5) is 5.69 Å². The van der Waals surface area contributed by atoms with Crippen LogP contribution in [0.15, 0.2) is 74.2 Å². The van der Waals surface area contributed by atoms with Crippen molar-refractivity contribution < 1.29 is 24.0 Å². The lowest BCUT2D eigenvalue weighted by atomic mass is 10.2. The molecule has 0 unspecified atom stereocenters. The average molecular weight is 641 g/mol. The second-order valence-electron chi connectivity index (χ2n) is 6.94. The molecule has 3 aromatic carbocycles. The Hall–Kier alpha value is -3.05. The number of carbonyl (C=O) groups is 2. The minimum atomic E-state index is -0.737. The van der Waals surface area contributed by atoms with Gasteiger partial charge in [-0.2, -0.15) is 0 Å². The Bertz CT molecular complexity index is 1450. The fourth-order valence-corrected chi connectivity index (χ4v) is 4.79. The number of nitro benzene ring substituents is 1. The quantitative estimate of drug-likeness (QED) is 0.0978. The van der Waals surface area contributed by atoms with Crippen molar-refractivity contribution >= 4 is 84.7 Å². The van der Waals surface area contributed by atoms with Crippen LogP contribution in [0.5, 0.6) is 5.75 Å². The first-order chi connectivity index (χ1) is 16.6. The van der Waals surface area contributed by atoms with Gasteiger partial charge in [-0.25, -0.2) is 14.6 Å². The Labute approximate surface area is 224 Å². The monoisotopic (exact) mass is 638 g/mol. The Morgan fingerprint density at radius 2 is 1.74 bits per heavy atom. The molecule has 8 nitrogen and oxygen atoms in total. The van der Waals surface area contributed by atoms with Crippen molar-refractivity contribution in [3.8, 4) is 5.75 Å². The molecular weight excluding hydrogens is 631 g/mol. The maximum Gasteiger partial charge on any atom is 0.363 e. The summed E-state index contributed by atoms with van der Waals surface area (Å²) < 4.78 is 11.5. The molecule has 4 rings (SSSR count). The summed E-state index contributed by atoms with van der Waals surface area (Å²) in [6.45, 7) is 0. The molecule has 0 saturated carbocycles. The van der Waals surface area contributed by atoms with E-state index in [1.807, 2.05) is 0 Å². The van der Waals surface area contributed by atoms with E-state index in [1.54, 1.807) is 36.4 Å². The number of halogens is 4. The Morgan fingerprint density at radius 3 is 2.40 bits per heavy atom. The topological polar surface area (TPSA) is 108 Å². The van der Waals surface area contributed by atoms with Gasteiger partial charge in [-0.05, 0) is 79.9 Å². The number of nitro groups is 1. The summed E-state index contributed by atoms with van der Waals surface area (Å²) in [7, 11) is 0. The smallest absolute Gasteiger partial charge is 0.363 e. The minimum Gasteiger partial charge on any atom is -0.420 e. The molecule has 0 amide bonds. The fraction of sp³-hybridized carbons (Fsp3) is 0. The highest BCUT2D eigenvalue weighted by Crippen LogP contribution is 2.37. The summed E-state index contributed by atoms with van der Waals surface area (Å²) in [5, 5.41) is 11.3. The van der Waals surface area contributed by atoms with Crippen LogP contribution in [0, 0.1) is 10.1 Å². The third-order valence-corrected chi connectivity index (χ3v) is 6.45. The van der Waals surface area contributed by atoms with Crippen LogP contribution < -0.4 is 4.74 Å². The number of ether oxygens (including phenoxy) is 2. The minimum absolute atomic E-state index is 0.0304. The highest BCUT2D eigenvalue weighted by atomic mass is 79.9. The molecule has 1 aliphatic rings. The second kappa shape index (κ2) is 10.3. The van der Waals surface area contributed by atoms with Gasteiger partial charge in [-0.3, -0.25) is 10.1 Å². The van der Waals surface area contributed by atoms with E-state index < -0.39 is 16.9 Å². The molecule has 0 N–H and O–H groups in total. The lowest BCUT2D eigenvalue weighted by Crippen LogP contribution is -2.10. The van der Waals surface area contributed by atoms with Gasteiger partial charge in [0.15, 0.2) is 11.4 Å². The zero-order chi connectivity index (χ0) is 25.3. The zero-order valence-electron chi connectivity index (χ0n) is 17.1. The summed E-state index contributed by atoms with van der Waals surface area (Å²) in [5.74, 6) is -1.26. The molecule has 0 atom stereocenters. The van der Waals surface area contributed by atoms with Gasteiger partial charge in [-0.1, -0.05) is 35.3 Å². The lowest BCUT2D eigenvalue weighted by molar-refractivity contribution is -0.384. The van der Waals surface area contributed by atoms with Crippen LogP contribution in [0.2, 0.25) is 10.0 Å². The summed E-state index contributed by atoms with van der Waals surface area (Å²) in [6, 6.07) is 13.7. The van der Waals surface area contributed by atoms with Crippen molar-refractivity contribution in [2.75, 3.05) is 0 Å². The molecule has 0 bridgehead atoms. The molecule has 1 aliphatic heterocycles. The Kier molecular flexibility index (Phi) is 7.36. The molecule has 176 valence electrons. The van der Waals surface area contributed by atoms with Crippen LogP contribution >= 0.6 is 55.1 Å². The molecular formula is C23H10Br2Cl2N2O6. The Morgan fingerprint density at radius 1 is 1.06 bits per heavy atom. The number of hydrogen-bond acceptors (Lipinski definition) is 7. The van der Waals surface area contributed by atoms with Gasteiger partial charge in [0.25, 0.3) is 5.69 Å². The molecule has 3 aromatic rings. The van der Waals surface area contributed by atoms with Crippen molar-refractivity contribution in [3.05, 3.63) is 106 Å². The Balaban J connectivity index is 1.61. The summed E-state index contributed by atoms with van der Waals surface area (Å²) >= 11 is 18.6. The molecule has 1 heterocycles. The van der Waals surface area contributed by atoms with Crippen LogP contribution in [-0.2, 0) is 9.53 Å². The molecule has 0 aliphatic carbocycles. The summed E-state index contributed by atoms with van der Waals surface area (Å²) in [4.78, 5) is 39.5. The van der Waals surface area contributed by atoms with E-state index in [4.69, 9.17) is 32.7 Å². The maximum absolute atomic E-state index is 12.5. The first-order valence-electron chi connectivity index (χ1n) is 9.56. The highest BCUT2D eigenvalue weighted by molar-refractivity contribution is 9.11. The van der Waals surface area contributed by atoms with Gasteiger partial charge in [0, 0.05) is 11.6 Å². The van der Waals surface area contributed by atoms with Gasteiger partial charge in [0.1, 0.15) is 5.02 Å². The normalized spacial score (nSPS) is 14.0. The van der Waals surface area contributed by atoms with Gasteiger partial charge >= 0.3 is 11.9 Å². The molecule has 35 heavy (non-hydrogen) atoms. The predicted molar refractivity (Wildman–Crippen MR) is 137 cm³/mol. The lowest BCUT2D eigenvalue weighted by Gasteiger charge is -2.10. The van der Waals surface area contributed by atoms with Crippen molar-refractivity contribution in [2.45, 2.75) is 0 Å². The van der Waals surface area contributed by atoms with Gasteiger partial charge in [-0.15, -0.1) is 0 Å². The number of benzene rings is 3. The van der Waals surface area contributed by atoms with Crippen molar-refractivity contribution in [1.82, 2.24) is 0 Å². The summed E-state index contributed by atoms with van der Waals surface area (Å²) in [6.07, 6.45) is 1.45. The number of nitrogens with zero attached hydrogens (tertiary/aromatic N) is 2. The van der Waals surface area contributed by atoms with E-state index in [1.165, 1.54) is 24.3 Å². The SMILES string of the molecule is O=C1OC(c2ccc(Cl)c([N+](=O)[O-])c2)=N/C1=C\c1cc(Br)c(OC(=O)c2ccccc2Cl)c(Br)c1. The first kappa shape index (κ1) is 25.1. The number of esters is 2. The summed E-state index contributed by atoms with van der Waals surface area (Å²) in [5.41, 5.74) is 0.590. The molecule has 12 heteroatoms. The first-order valence-corrected chi connectivity index (χ1v) is 11.9. The van der Waals surface area contributed by atoms with Gasteiger partial charge in [0.2, 0.25) is 5.90 Å². The van der Waals surface area contributed by atoms with E-state index >= 15 is 0 Å². The molecule has 0 aromatic heterocycles. The van der Waals surface area contributed by atoms with E-state index in [-0.39, 0.29) is 44.2 Å². The van der Waals surface area contributed by atoms with E-state index in [0.29, 0.717) is 14.5 Å². The van der Waals surface area contributed by atoms with Crippen LogP contribution in [0.1, 0.15) is 21.5 Å². The second-order valence-corrected chi connectivity index (χ2v) is 9.47. The van der Waals surface area contributed by atoms with Crippen LogP contribution in [0.3, 0.4) is 0 Å².